The second-order valence-electron chi connectivity index (χ2n) is 0.512. The van der Waals surface area contributed by atoms with Crippen molar-refractivity contribution in [2.75, 3.05) is 6.61 Å². The number of rotatable bonds is 1. The molecule has 4 heavy (non-hydrogen) atoms. The van der Waals surface area contributed by atoms with Crippen LogP contribution in [-0.2, 0) is 0 Å². The van der Waals surface area contributed by atoms with Gasteiger partial charge in [-0.15, -0.1) is 0 Å². The van der Waals surface area contributed by atoms with Crippen molar-refractivity contribution in [2.24, 2.45) is 0 Å². The molecule has 1 nitrogen and oxygen atoms in total. The van der Waals surface area contributed by atoms with E-state index >= 15 is 0 Å². The predicted octanol–water partition coefficient (Wildman–Crippen LogP) is -0.435. The third-order valence-corrected chi connectivity index (χ3v) is 0.387. The fourth-order valence-corrected chi connectivity index (χ4v) is 0. The molecule has 2 heteroatoms. The molecule has 0 amide bonds. The molecule has 0 aromatic carbocycles. The van der Waals surface area contributed by atoms with Crippen LogP contribution >= 0.6 is 0 Å². The van der Waals surface area contributed by atoms with E-state index in [4.69, 9.17) is 5.11 Å². The van der Waals surface area contributed by atoms with Crippen LogP contribution in [0.1, 0.15) is 0 Å². The first-order valence-electron chi connectivity index (χ1n) is 1.22. The third kappa shape index (κ3) is 2.49. The average Bonchev–Trinajstić information content (AvgIpc) is 1.37. The molecule has 0 heterocycles. The molecule has 0 rings (SSSR count). The van der Waals surface area contributed by atoms with Crippen LogP contribution in [-0.4, -0.2) is 28.0 Å². The summed E-state index contributed by atoms with van der Waals surface area (Å²) in [5, 5.41) is 8.65. The second-order valence-corrected chi connectivity index (χ2v) is 1.09. The third-order valence-electron chi connectivity index (χ3n) is 0.129. The van der Waals surface area contributed by atoms with Gasteiger partial charge in [-0.1, -0.05) is 0 Å². The Morgan fingerprint density at radius 3 is 2.00 bits per heavy atom. The summed E-state index contributed by atoms with van der Waals surface area (Å²) in [6.07, 6.45) is 0. The SMILES string of the molecule is OC[CH2][Al+2]. The summed E-state index contributed by atoms with van der Waals surface area (Å²) < 4.78 is 0. The minimum absolute atomic E-state index is 0.282. The van der Waals surface area contributed by atoms with E-state index in [-0.39, 0.29) is 6.61 Å². The van der Waals surface area contributed by atoms with Crippen LogP contribution in [0.5, 0.6) is 0 Å². The van der Waals surface area contributed by atoms with Crippen molar-refractivity contribution in [3.05, 3.63) is 0 Å². The maximum atomic E-state index is 7.85. The van der Waals surface area contributed by atoms with Gasteiger partial charge < -0.3 is 0 Å². The molecular weight excluding hydrogens is 67.0 g/mol. The van der Waals surface area contributed by atoms with Gasteiger partial charge in [-0.25, -0.2) is 0 Å². The van der Waals surface area contributed by atoms with E-state index in [1.807, 2.05) is 0 Å². The quantitative estimate of drug-likeness (QED) is 0.416. The minimum atomic E-state index is 0.282. The monoisotopic (exact) mass is 72.0 g/mol. The Balaban J connectivity index is 1.97. The van der Waals surface area contributed by atoms with Crippen LogP contribution in [0, 0.1) is 0 Å². The van der Waals surface area contributed by atoms with Crippen molar-refractivity contribution >= 4 is 16.3 Å². The van der Waals surface area contributed by atoms with Gasteiger partial charge in [0.15, 0.2) is 0 Å². The van der Waals surface area contributed by atoms with E-state index in [0.717, 1.165) is 5.28 Å². The fourth-order valence-electron chi connectivity index (χ4n) is 0. The van der Waals surface area contributed by atoms with Crippen molar-refractivity contribution < 1.29 is 5.11 Å². The van der Waals surface area contributed by atoms with Gasteiger partial charge in [-0.3, -0.25) is 0 Å². The summed E-state index contributed by atoms with van der Waals surface area (Å²) in [5.41, 5.74) is 0. The molecule has 0 radical (unpaired) electrons. The Hall–Kier alpha value is 0.492. The molecule has 0 fully saturated rings. The van der Waals surface area contributed by atoms with Gasteiger partial charge in [-0.05, 0) is 0 Å². The maximum absolute atomic E-state index is 7.85. The predicted molar refractivity (Wildman–Crippen MR) is 17.6 cm³/mol. The number of hydrogen-bond acceptors (Lipinski definition) is 1. The van der Waals surface area contributed by atoms with Crippen LogP contribution in [0.4, 0.5) is 0 Å². The van der Waals surface area contributed by atoms with E-state index in [1.54, 1.807) is 0 Å². The number of hydrogen-bond donors (Lipinski definition) is 1. The summed E-state index contributed by atoms with van der Waals surface area (Å²) in [4.78, 5) is 0. The molecule has 0 aromatic heterocycles. The van der Waals surface area contributed by atoms with Crippen LogP contribution in [0.25, 0.3) is 0 Å². The van der Waals surface area contributed by atoms with Crippen LogP contribution in [0.3, 0.4) is 0 Å². The molecule has 0 unspecified atom stereocenters. The van der Waals surface area contributed by atoms with E-state index < -0.39 is 0 Å². The zero-order chi connectivity index (χ0) is 3.41. The number of aliphatic hydroxyl groups excluding tert-OH is 1. The standard InChI is InChI=1S/C2H5O.Al/c1-2-3;/h3H,1-2H2;/q;+2. The van der Waals surface area contributed by atoms with Gasteiger partial charge in [0.25, 0.3) is 0 Å². The van der Waals surface area contributed by atoms with Gasteiger partial charge in [0.05, 0.1) is 0 Å². The molecule has 0 aromatic rings. The Kier molecular flexibility index (Phi) is 3.92. The molecular formula is C2H5AlO+2. The van der Waals surface area contributed by atoms with Gasteiger partial charge in [0.2, 0.25) is 0 Å². The van der Waals surface area contributed by atoms with Gasteiger partial charge >= 0.3 is 33.3 Å². The summed E-state index contributed by atoms with van der Waals surface area (Å²) >= 11 is 2.41. The molecule has 0 saturated carbocycles. The summed E-state index contributed by atoms with van der Waals surface area (Å²) in [7, 11) is 0. The van der Waals surface area contributed by atoms with E-state index in [1.165, 1.54) is 0 Å². The first-order chi connectivity index (χ1) is 1.91. The van der Waals surface area contributed by atoms with Gasteiger partial charge in [0.1, 0.15) is 0 Å². The van der Waals surface area contributed by atoms with E-state index in [0.29, 0.717) is 0 Å². The van der Waals surface area contributed by atoms with Gasteiger partial charge in [-0.2, -0.15) is 0 Å². The Bertz CT molecular complexity index is 8.00. The molecule has 0 atom stereocenters. The van der Waals surface area contributed by atoms with E-state index in [9.17, 15) is 0 Å². The van der Waals surface area contributed by atoms with Crippen molar-refractivity contribution in [3.8, 4) is 0 Å². The molecule has 0 aliphatic heterocycles. The summed E-state index contributed by atoms with van der Waals surface area (Å²) in [6, 6.07) is 0. The molecule has 1 N–H and O–H groups in total. The van der Waals surface area contributed by atoms with Gasteiger partial charge in [0, 0.05) is 0 Å². The van der Waals surface area contributed by atoms with E-state index in [2.05, 4.69) is 16.3 Å². The number of aliphatic hydroxyl groups is 1. The topological polar surface area (TPSA) is 20.2 Å². The molecule has 0 aliphatic rings. The molecule has 0 saturated heterocycles. The average molecular weight is 72.0 g/mol. The Morgan fingerprint density at radius 1 is 1.75 bits per heavy atom. The summed E-state index contributed by atoms with van der Waals surface area (Å²) in [6.45, 7) is 0.282. The fraction of sp³-hybridized carbons (Fsp3) is 1.00. The first kappa shape index (κ1) is 4.49. The Morgan fingerprint density at radius 2 is 2.00 bits per heavy atom. The molecule has 20 valence electrons. The molecule has 0 bridgehead atoms. The van der Waals surface area contributed by atoms with Crippen molar-refractivity contribution in [2.45, 2.75) is 5.28 Å². The Labute approximate surface area is 34.1 Å². The second kappa shape index (κ2) is 3.49. The van der Waals surface area contributed by atoms with Crippen LogP contribution in [0.15, 0.2) is 0 Å². The first-order valence-corrected chi connectivity index (χ1v) is 2.04. The van der Waals surface area contributed by atoms with Crippen LogP contribution < -0.4 is 0 Å². The molecule has 0 spiro atoms. The summed E-state index contributed by atoms with van der Waals surface area (Å²) in [5.74, 6) is 0. The molecule has 0 aliphatic carbocycles. The zero-order valence-corrected chi connectivity index (χ0v) is 3.59. The normalized spacial score (nSPS) is 7.75. The van der Waals surface area contributed by atoms with Crippen molar-refractivity contribution in [1.82, 2.24) is 0 Å². The van der Waals surface area contributed by atoms with Crippen LogP contribution in [0.2, 0.25) is 5.28 Å². The van der Waals surface area contributed by atoms with Crippen molar-refractivity contribution in [3.63, 3.8) is 0 Å². The zero-order valence-electron chi connectivity index (χ0n) is 2.44. The van der Waals surface area contributed by atoms with Crippen molar-refractivity contribution in [1.29, 1.82) is 0 Å².